The number of nitrogens with zero attached hydrogens (tertiary/aromatic N) is 4. The van der Waals surface area contributed by atoms with Gasteiger partial charge in [-0.25, -0.2) is 4.98 Å². The second kappa shape index (κ2) is 5.93. The van der Waals surface area contributed by atoms with Gasteiger partial charge in [0.25, 0.3) is 0 Å². The smallest absolute Gasteiger partial charge is 0.165 e. The van der Waals surface area contributed by atoms with Crippen molar-refractivity contribution in [1.29, 1.82) is 0 Å². The van der Waals surface area contributed by atoms with E-state index in [1.165, 1.54) is 0 Å². The lowest BCUT2D eigenvalue weighted by atomic mass is 10.1. The van der Waals surface area contributed by atoms with E-state index in [-0.39, 0.29) is 0 Å². The fourth-order valence-corrected chi connectivity index (χ4v) is 3.45. The molecule has 1 aliphatic rings. The molecule has 26 heavy (non-hydrogen) atoms. The van der Waals surface area contributed by atoms with Gasteiger partial charge in [-0.3, -0.25) is 4.98 Å². The normalized spacial score (nSPS) is 13.7. The molecule has 0 bridgehead atoms. The summed E-state index contributed by atoms with van der Waals surface area (Å²) in [7, 11) is 0. The summed E-state index contributed by atoms with van der Waals surface area (Å²) in [4.78, 5) is 9.46. The quantitative estimate of drug-likeness (QED) is 0.585. The second-order valence-corrected chi connectivity index (χ2v) is 6.44. The SMILES string of the molecule is Nc1c2c(nc3c(-c4ccc(-c5ccccc5)nc4)cnn13)CCNC2. The Kier molecular flexibility index (Phi) is 3.43. The maximum atomic E-state index is 6.34. The minimum absolute atomic E-state index is 0.664. The Morgan fingerprint density at radius 2 is 1.88 bits per heavy atom. The fraction of sp³-hybridized carbons (Fsp3) is 0.150. The van der Waals surface area contributed by atoms with E-state index >= 15 is 0 Å². The maximum absolute atomic E-state index is 6.34. The highest BCUT2D eigenvalue weighted by Gasteiger charge is 2.19. The van der Waals surface area contributed by atoms with Crippen LogP contribution in [0.5, 0.6) is 0 Å². The summed E-state index contributed by atoms with van der Waals surface area (Å²) in [5, 5.41) is 7.79. The summed E-state index contributed by atoms with van der Waals surface area (Å²) in [5.41, 5.74) is 13.2. The van der Waals surface area contributed by atoms with E-state index in [9.17, 15) is 0 Å². The predicted molar refractivity (Wildman–Crippen MR) is 101 cm³/mol. The Morgan fingerprint density at radius 1 is 1.00 bits per heavy atom. The van der Waals surface area contributed by atoms with Gasteiger partial charge in [-0.05, 0) is 6.07 Å². The van der Waals surface area contributed by atoms with Crippen molar-refractivity contribution in [3.05, 3.63) is 66.1 Å². The third-order valence-electron chi connectivity index (χ3n) is 4.85. The molecular formula is C20H18N6. The molecule has 6 heteroatoms. The Bertz CT molecular complexity index is 1080. The van der Waals surface area contributed by atoms with Crippen LogP contribution in [-0.2, 0) is 13.0 Å². The zero-order chi connectivity index (χ0) is 17.5. The number of rotatable bonds is 2. The fourth-order valence-electron chi connectivity index (χ4n) is 3.45. The van der Waals surface area contributed by atoms with Crippen LogP contribution in [-0.4, -0.2) is 26.1 Å². The van der Waals surface area contributed by atoms with Crippen molar-refractivity contribution in [3.63, 3.8) is 0 Å². The van der Waals surface area contributed by atoms with Crippen molar-refractivity contribution in [1.82, 2.24) is 24.9 Å². The van der Waals surface area contributed by atoms with Gasteiger partial charge in [-0.2, -0.15) is 9.61 Å². The van der Waals surface area contributed by atoms with E-state index in [1.54, 1.807) is 4.52 Å². The van der Waals surface area contributed by atoms with Crippen LogP contribution in [0.1, 0.15) is 11.3 Å². The first kappa shape index (κ1) is 15.0. The van der Waals surface area contributed by atoms with Gasteiger partial charge in [0.05, 0.1) is 17.6 Å². The number of hydrogen-bond acceptors (Lipinski definition) is 5. The highest BCUT2D eigenvalue weighted by atomic mass is 15.3. The number of hydrogen-bond donors (Lipinski definition) is 2. The van der Waals surface area contributed by atoms with Crippen LogP contribution < -0.4 is 11.1 Å². The molecule has 6 nitrogen and oxygen atoms in total. The number of nitrogens with one attached hydrogen (secondary N) is 1. The molecule has 0 atom stereocenters. The van der Waals surface area contributed by atoms with Crippen LogP contribution in [0.15, 0.2) is 54.9 Å². The van der Waals surface area contributed by atoms with Crippen LogP contribution >= 0.6 is 0 Å². The largest absolute Gasteiger partial charge is 0.383 e. The van der Waals surface area contributed by atoms with Gasteiger partial charge >= 0.3 is 0 Å². The summed E-state index contributed by atoms with van der Waals surface area (Å²) in [6.45, 7) is 1.67. The monoisotopic (exact) mass is 342 g/mol. The minimum Gasteiger partial charge on any atom is -0.383 e. The van der Waals surface area contributed by atoms with E-state index in [0.717, 1.165) is 58.8 Å². The summed E-state index contributed by atoms with van der Waals surface area (Å²) >= 11 is 0. The van der Waals surface area contributed by atoms with Gasteiger partial charge in [0, 0.05) is 48.0 Å². The molecule has 3 N–H and O–H groups in total. The molecule has 0 saturated carbocycles. The first-order valence-electron chi connectivity index (χ1n) is 8.69. The summed E-state index contributed by atoms with van der Waals surface area (Å²) in [5.74, 6) is 0.664. The van der Waals surface area contributed by atoms with Crippen LogP contribution in [0.2, 0.25) is 0 Å². The molecule has 128 valence electrons. The minimum atomic E-state index is 0.664. The van der Waals surface area contributed by atoms with Crippen molar-refractivity contribution in [2.75, 3.05) is 12.3 Å². The Morgan fingerprint density at radius 3 is 2.69 bits per heavy atom. The molecule has 4 aromatic rings. The third kappa shape index (κ3) is 2.34. The topological polar surface area (TPSA) is 81.1 Å². The number of anilines is 1. The molecule has 0 radical (unpaired) electrons. The van der Waals surface area contributed by atoms with Crippen LogP contribution in [0.3, 0.4) is 0 Å². The third-order valence-corrected chi connectivity index (χ3v) is 4.85. The zero-order valence-corrected chi connectivity index (χ0v) is 14.2. The molecular weight excluding hydrogens is 324 g/mol. The molecule has 4 heterocycles. The van der Waals surface area contributed by atoms with Gasteiger partial charge in [0.1, 0.15) is 5.82 Å². The Labute approximate surface area is 150 Å². The number of fused-ring (bicyclic) bond motifs is 2. The standard InChI is InChI=1S/C20H18N6/c21-19-16-11-22-9-8-18(16)25-20-15(12-24-26(19)20)14-6-7-17(23-10-14)13-4-2-1-3-5-13/h1-7,10,12,22H,8-9,11,21H2. The molecule has 0 saturated heterocycles. The Balaban J connectivity index is 1.60. The number of aromatic nitrogens is 4. The van der Waals surface area contributed by atoms with Gasteiger partial charge < -0.3 is 11.1 Å². The van der Waals surface area contributed by atoms with Gasteiger partial charge in [0.2, 0.25) is 0 Å². The summed E-state index contributed by atoms with van der Waals surface area (Å²) < 4.78 is 1.73. The molecule has 0 spiro atoms. The van der Waals surface area contributed by atoms with Crippen molar-refractivity contribution in [3.8, 4) is 22.4 Å². The van der Waals surface area contributed by atoms with Crippen LogP contribution in [0.25, 0.3) is 28.0 Å². The number of pyridine rings is 1. The van der Waals surface area contributed by atoms with Crippen LogP contribution in [0.4, 0.5) is 5.82 Å². The second-order valence-electron chi connectivity index (χ2n) is 6.44. The van der Waals surface area contributed by atoms with Crippen molar-refractivity contribution in [2.24, 2.45) is 0 Å². The average Bonchev–Trinajstić information content (AvgIpc) is 3.13. The lowest BCUT2D eigenvalue weighted by molar-refractivity contribution is 0.627. The molecule has 0 amide bonds. The molecule has 0 fully saturated rings. The lowest BCUT2D eigenvalue weighted by Gasteiger charge is -2.18. The first-order chi connectivity index (χ1) is 12.8. The number of benzene rings is 1. The number of nitrogen functional groups attached to an aromatic ring is 1. The van der Waals surface area contributed by atoms with Crippen molar-refractivity contribution in [2.45, 2.75) is 13.0 Å². The van der Waals surface area contributed by atoms with E-state index in [0.29, 0.717) is 5.82 Å². The van der Waals surface area contributed by atoms with Gasteiger partial charge in [-0.1, -0.05) is 36.4 Å². The van der Waals surface area contributed by atoms with Crippen molar-refractivity contribution >= 4 is 11.5 Å². The first-order valence-corrected chi connectivity index (χ1v) is 8.69. The summed E-state index contributed by atoms with van der Waals surface area (Å²) in [6.07, 6.45) is 4.57. The Hall–Kier alpha value is -3.25. The van der Waals surface area contributed by atoms with E-state index in [2.05, 4.69) is 33.6 Å². The average molecular weight is 342 g/mol. The predicted octanol–water partition coefficient (Wildman–Crippen LogP) is 2.69. The van der Waals surface area contributed by atoms with Gasteiger partial charge in [0.15, 0.2) is 5.65 Å². The van der Waals surface area contributed by atoms with E-state index < -0.39 is 0 Å². The molecule has 1 aromatic carbocycles. The molecule has 0 unspecified atom stereocenters. The van der Waals surface area contributed by atoms with Crippen LogP contribution in [0, 0.1) is 0 Å². The highest BCUT2D eigenvalue weighted by Crippen LogP contribution is 2.29. The highest BCUT2D eigenvalue weighted by molar-refractivity contribution is 5.79. The maximum Gasteiger partial charge on any atom is 0.165 e. The van der Waals surface area contributed by atoms with E-state index in [1.807, 2.05) is 36.7 Å². The molecule has 3 aromatic heterocycles. The number of nitrogens with two attached hydrogens (primary N) is 1. The zero-order valence-electron chi connectivity index (χ0n) is 14.2. The lowest BCUT2D eigenvalue weighted by Crippen LogP contribution is -2.26. The van der Waals surface area contributed by atoms with Crippen molar-refractivity contribution < 1.29 is 0 Å². The van der Waals surface area contributed by atoms with Gasteiger partial charge in [-0.15, -0.1) is 0 Å². The summed E-state index contributed by atoms with van der Waals surface area (Å²) in [6, 6.07) is 14.2. The van der Waals surface area contributed by atoms with E-state index in [4.69, 9.17) is 10.7 Å². The molecule has 1 aliphatic heterocycles. The molecule has 5 rings (SSSR count). The molecule has 0 aliphatic carbocycles.